The Morgan fingerprint density at radius 3 is 2.87 bits per heavy atom. The van der Waals surface area contributed by atoms with Gasteiger partial charge in [-0.15, -0.1) is 0 Å². The maximum atomic E-state index is 10.2. The fourth-order valence-electron chi connectivity index (χ4n) is 0.979. The molecule has 80 valence electrons. The Hall–Kier alpha value is -1.75. The molecule has 0 atom stereocenters. The molecule has 0 saturated carbocycles. The van der Waals surface area contributed by atoms with E-state index >= 15 is 0 Å². The van der Waals surface area contributed by atoms with E-state index in [1.165, 1.54) is 12.1 Å². The van der Waals surface area contributed by atoms with Gasteiger partial charge in [0.1, 0.15) is 5.75 Å². The van der Waals surface area contributed by atoms with E-state index in [0.29, 0.717) is 5.56 Å². The normalized spacial score (nSPS) is 9.40. The Kier molecular flexibility index (Phi) is 3.93. The van der Waals surface area contributed by atoms with Crippen LogP contribution in [-0.2, 0) is 11.3 Å². The van der Waals surface area contributed by atoms with Crippen molar-refractivity contribution < 1.29 is 19.4 Å². The second kappa shape index (κ2) is 5.21. The van der Waals surface area contributed by atoms with Gasteiger partial charge in [-0.05, 0) is 17.7 Å². The van der Waals surface area contributed by atoms with Crippen LogP contribution >= 0.6 is 11.6 Å². The summed E-state index contributed by atoms with van der Waals surface area (Å²) in [6.07, 6.45) is -1.11. The highest BCUT2D eigenvalue weighted by Gasteiger charge is 2.03. The molecule has 15 heavy (non-hydrogen) atoms. The van der Waals surface area contributed by atoms with Crippen LogP contribution in [-0.4, -0.2) is 17.7 Å². The molecule has 0 fully saturated rings. The molecule has 0 bridgehead atoms. The number of halogens is 1. The van der Waals surface area contributed by atoms with Crippen molar-refractivity contribution in [3.05, 3.63) is 28.8 Å². The van der Waals surface area contributed by atoms with E-state index in [-0.39, 0.29) is 23.8 Å². The van der Waals surface area contributed by atoms with Gasteiger partial charge in [0.2, 0.25) is 0 Å². The summed E-state index contributed by atoms with van der Waals surface area (Å²) in [7, 11) is 0. The van der Waals surface area contributed by atoms with Crippen LogP contribution in [0, 0.1) is 0 Å². The lowest BCUT2D eigenvalue weighted by Crippen LogP contribution is -2.19. The van der Waals surface area contributed by atoms with Crippen LogP contribution < -0.4 is 10.1 Å². The van der Waals surface area contributed by atoms with Crippen molar-refractivity contribution in [2.75, 3.05) is 0 Å². The average Bonchev–Trinajstić information content (AvgIpc) is 2.19. The molecule has 5 nitrogen and oxygen atoms in total. The first kappa shape index (κ1) is 11.3. The number of carbonyl (C=O) groups excluding carboxylic acids is 1. The van der Waals surface area contributed by atoms with Crippen molar-refractivity contribution in [3.8, 4) is 5.75 Å². The predicted octanol–water partition coefficient (Wildman–Crippen LogP) is 1.64. The molecule has 0 saturated heterocycles. The Labute approximate surface area is 90.6 Å². The zero-order valence-corrected chi connectivity index (χ0v) is 8.32. The number of ether oxygens (including phenoxy) is 1. The summed E-state index contributed by atoms with van der Waals surface area (Å²) in [6.45, 7) is 0.423. The van der Waals surface area contributed by atoms with Crippen LogP contribution in [0.5, 0.6) is 5.75 Å². The number of hydrogen-bond acceptors (Lipinski definition) is 3. The molecule has 2 N–H and O–H groups in total. The number of rotatable bonds is 4. The van der Waals surface area contributed by atoms with Crippen molar-refractivity contribution >= 4 is 24.2 Å². The Bertz CT molecular complexity index is 380. The lowest BCUT2D eigenvalue weighted by atomic mass is 10.2. The minimum Gasteiger partial charge on any atom is -0.465 e. The molecule has 0 aliphatic carbocycles. The summed E-state index contributed by atoms with van der Waals surface area (Å²) in [4.78, 5) is 20.3. The zero-order valence-electron chi connectivity index (χ0n) is 7.57. The molecule has 1 rings (SSSR count). The number of nitrogens with one attached hydrogen (secondary N) is 1. The molecule has 1 aromatic rings. The lowest BCUT2D eigenvalue weighted by Gasteiger charge is -2.04. The molecule has 0 radical (unpaired) electrons. The number of benzene rings is 1. The maximum Gasteiger partial charge on any atom is 0.404 e. The molecule has 1 aromatic carbocycles. The fraction of sp³-hybridized carbons (Fsp3) is 0.111. The first-order chi connectivity index (χ1) is 7.13. The summed E-state index contributed by atoms with van der Waals surface area (Å²) >= 11 is 5.76. The van der Waals surface area contributed by atoms with Crippen LogP contribution in [0.15, 0.2) is 18.2 Å². The molecule has 0 aromatic heterocycles. The van der Waals surface area contributed by atoms with Crippen LogP contribution in [0.1, 0.15) is 5.56 Å². The number of carboxylic acid groups (broad SMARTS) is 1. The third-order valence-corrected chi connectivity index (χ3v) is 1.91. The van der Waals surface area contributed by atoms with Crippen LogP contribution in [0.25, 0.3) is 0 Å². The molecular weight excluding hydrogens is 222 g/mol. The molecule has 6 heteroatoms. The van der Waals surface area contributed by atoms with Gasteiger partial charge in [0.25, 0.3) is 6.47 Å². The Morgan fingerprint density at radius 1 is 1.60 bits per heavy atom. The highest BCUT2D eigenvalue weighted by atomic mass is 35.5. The van der Waals surface area contributed by atoms with E-state index in [2.05, 4.69) is 10.1 Å². The van der Waals surface area contributed by atoms with Gasteiger partial charge in [-0.2, -0.15) is 0 Å². The Morgan fingerprint density at radius 2 is 2.33 bits per heavy atom. The highest BCUT2D eigenvalue weighted by molar-refractivity contribution is 6.32. The van der Waals surface area contributed by atoms with E-state index < -0.39 is 6.09 Å². The van der Waals surface area contributed by atoms with Gasteiger partial charge >= 0.3 is 6.09 Å². The molecular formula is C9H8ClNO4. The summed E-state index contributed by atoms with van der Waals surface area (Å²) in [5.41, 5.74) is 0.681. The van der Waals surface area contributed by atoms with Crippen LogP contribution in [0.3, 0.4) is 0 Å². The largest absolute Gasteiger partial charge is 0.465 e. The van der Waals surface area contributed by atoms with Crippen molar-refractivity contribution in [3.63, 3.8) is 0 Å². The number of carbonyl (C=O) groups is 2. The van der Waals surface area contributed by atoms with E-state index in [1.54, 1.807) is 6.07 Å². The minimum atomic E-state index is -1.11. The second-order valence-corrected chi connectivity index (χ2v) is 3.04. The summed E-state index contributed by atoms with van der Waals surface area (Å²) in [5, 5.41) is 10.8. The average molecular weight is 230 g/mol. The maximum absolute atomic E-state index is 10.2. The fourth-order valence-corrected chi connectivity index (χ4v) is 1.23. The smallest absolute Gasteiger partial charge is 0.404 e. The van der Waals surface area contributed by atoms with E-state index in [0.717, 1.165) is 0 Å². The van der Waals surface area contributed by atoms with Crippen molar-refractivity contribution in [2.24, 2.45) is 0 Å². The second-order valence-electron chi connectivity index (χ2n) is 2.64. The van der Waals surface area contributed by atoms with Gasteiger partial charge in [-0.1, -0.05) is 17.7 Å². The monoisotopic (exact) mass is 229 g/mol. The van der Waals surface area contributed by atoms with Gasteiger partial charge in [0.15, 0.2) is 0 Å². The van der Waals surface area contributed by atoms with Crippen LogP contribution in [0.2, 0.25) is 5.02 Å². The van der Waals surface area contributed by atoms with Gasteiger partial charge in [0, 0.05) is 6.54 Å². The molecule has 1 amide bonds. The van der Waals surface area contributed by atoms with Gasteiger partial charge in [0.05, 0.1) is 5.02 Å². The topological polar surface area (TPSA) is 75.6 Å². The highest BCUT2D eigenvalue weighted by Crippen LogP contribution is 2.24. The van der Waals surface area contributed by atoms with Gasteiger partial charge < -0.3 is 15.2 Å². The van der Waals surface area contributed by atoms with Crippen molar-refractivity contribution in [2.45, 2.75) is 6.54 Å². The van der Waals surface area contributed by atoms with Gasteiger partial charge in [-0.25, -0.2) is 4.79 Å². The minimum absolute atomic E-state index is 0.149. The number of hydrogen-bond donors (Lipinski definition) is 2. The molecule has 0 heterocycles. The third kappa shape index (κ3) is 3.47. The summed E-state index contributed by atoms with van der Waals surface area (Å²) < 4.78 is 4.57. The molecule has 0 aliphatic heterocycles. The number of amides is 1. The third-order valence-electron chi connectivity index (χ3n) is 1.62. The van der Waals surface area contributed by atoms with Crippen molar-refractivity contribution in [1.29, 1.82) is 0 Å². The summed E-state index contributed by atoms with van der Waals surface area (Å²) in [5.74, 6) is 0.241. The first-order valence-electron chi connectivity index (χ1n) is 3.99. The molecule has 0 aliphatic rings. The van der Waals surface area contributed by atoms with Crippen molar-refractivity contribution in [1.82, 2.24) is 5.32 Å². The van der Waals surface area contributed by atoms with E-state index in [4.69, 9.17) is 16.7 Å². The van der Waals surface area contributed by atoms with E-state index in [1.807, 2.05) is 0 Å². The quantitative estimate of drug-likeness (QED) is 0.770. The summed E-state index contributed by atoms with van der Waals surface area (Å²) in [6, 6.07) is 4.63. The standard InChI is InChI=1S/C9H8ClNO4/c10-7-3-6(4-11-9(13)14)1-2-8(7)15-5-12/h1-3,5,11H,4H2,(H,13,14). The molecule has 0 unspecified atom stereocenters. The molecule has 0 spiro atoms. The first-order valence-corrected chi connectivity index (χ1v) is 4.37. The van der Waals surface area contributed by atoms with Crippen LogP contribution in [0.4, 0.5) is 4.79 Å². The SMILES string of the molecule is O=COc1ccc(CNC(=O)O)cc1Cl. The zero-order chi connectivity index (χ0) is 11.3. The predicted molar refractivity (Wildman–Crippen MR) is 53.0 cm³/mol. The van der Waals surface area contributed by atoms with Gasteiger partial charge in [-0.3, -0.25) is 4.79 Å². The Balaban J connectivity index is 2.72. The van der Waals surface area contributed by atoms with E-state index in [9.17, 15) is 9.59 Å². The lowest BCUT2D eigenvalue weighted by molar-refractivity contribution is -0.120.